The number of benzene rings is 3. The smallest absolute Gasteiger partial charge is 0.160 e. The van der Waals surface area contributed by atoms with Crippen molar-refractivity contribution in [2.24, 2.45) is 0 Å². The third-order valence-corrected chi connectivity index (χ3v) is 4.51. The summed E-state index contributed by atoms with van der Waals surface area (Å²) in [6, 6.07) is 24.7. The van der Waals surface area contributed by atoms with Crippen LogP contribution < -0.4 is 4.74 Å². The average molecular weight is 340 g/mol. The van der Waals surface area contributed by atoms with Gasteiger partial charge < -0.3 is 4.74 Å². The maximum atomic E-state index is 5.40. The van der Waals surface area contributed by atoms with Crippen molar-refractivity contribution in [3.8, 4) is 17.1 Å². The van der Waals surface area contributed by atoms with Gasteiger partial charge in [0.2, 0.25) is 0 Å². The van der Waals surface area contributed by atoms with E-state index in [9.17, 15) is 0 Å². The molecule has 0 unspecified atom stereocenters. The van der Waals surface area contributed by atoms with Crippen LogP contribution >= 0.6 is 0 Å². The molecule has 0 aliphatic heterocycles. The Kier molecular flexibility index (Phi) is 4.36. The predicted molar refractivity (Wildman–Crippen MR) is 106 cm³/mol. The second-order valence-corrected chi connectivity index (χ2v) is 6.41. The number of aromatic nitrogens is 2. The van der Waals surface area contributed by atoms with Crippen molar-refractivity contribution < 1.29 is 4.74 Å². The highest BCUT2D eigenvalue weighted by molar-refractivity contribution is 5.84. The highest BCUT2D eigenvalue weighted by Crippen LogP contribution is 2.27. The standard InChI is InChI=1S/C23H20N2O/c1-16-8-10-18(11-9-16)23-24-21-13-12-19(26-2)15-20(21)22(25-23)14-17-6-4-3-5-7-17/h3-13,15H,14H2,1-2H3. The van der Waals surface area contributed by atoms with E-state index in [1.54, 1.807) is 7.11 Å². The Balaban J connectivity index is 1.88. The summed E-state index contributed by atoms with van der Waals surface area (Å²) in [6.45, 7) is 2.08. The lowest BCUT2D eigenvalue weighted by Crippen LogP contribution is -2.00. The van der Waals surface area contributed by atoms with Crippen molar-refractivity contribution in [3.05, 3.63) is 89.6 Å². The van der Waals surface area contributed by atoms with Crippen LogP contribution in [0.5, 0.6) is 5.75 Å². The molecule has 4 rings (SSSR count). The van der Waals surface area contributed by atoms with Gasteiger partial charge in [-0.25, -0.2) is 9.97 Å². The minimum absolute atomic E-state index is 0.756. The van der Waals surface area contributed by atoms with E-state index in [0.717, 1.165) is 40.2 Å². The van der Waals surface area contributed by atoms with Crippen molar-refractivity contribution in [3.63, 3.8) is 0 Å². The summed E-state index contributed by atoms with van der Waals surface area (Å²) >= 11 is 0. The summed E-state index contributed by atoms with van der Waals surface area (Å²) in [5, 5.41) is 1.03. The van der Waals surface area contributed by atoms with Gasteiger partial charge in [-0.1, -0.05) is 60.2 Å². The molecule has 0 atom stereocenters. The molecule has 1 heterocycles. The van der Waals surface area contributed by atoms with E-state index in [2.05, 4.69) is 55.5 Å². The average Bonchev–Trinajstić information content (AvgIpc) is 2.69. The molecule has 1 aromatic heterocycles. The van der Waals surface area contributed by atoms with Gasteiger partial charge in [-0.15, -0.1) is 0 Å². The minimum Gasteiger partial charge on any atom is -0.497 e. The third-order valence-electron chi connectivity index (χ3n) is 4.51. The molecule has 3 nitrogen and oxygen atoms in total. The lowest BCUT2D eigenvalue weighted by molar-refractivity contribution is 0.415. The number of nitrogens with zero attached hydrogens (tertiary/aromatic N) is 2. The van der Waals surface area contributed by atoms with Crippen molar-refractivity contribution in [1.82, 2.24) is 9.97 Å². The molecule has 0 spiro atoms. The summed E-state index contributed by atoms with van der Waals surface area (Å²) in [7, 11) is 1.68. The molecular weight excluding hydrogens is 320 g/mol. The zero-order valence-electron chi connectivity index (χ0n) is 14.9. The minimum atomic E-state index is 0.756. The van der Waals surface area contributed by atoms with Crippen LogP contribution in [0.4, 0.5) is 0 Å². The molecule has 26 heavy (non-hydrogen) atoms. The zero-order chi connectivity index (χ0) is 17.9. The van der Waals surface area contributed by atoms with Gasteiger partial charge in [0.25, 0.3) is 0 Å². The van der Waals surface area contributed by atoms with Crippen LogP contribution in [0, 0.1) is 6.92 Å². The van der Waals surface area contributed by atoms with Crippen molar-refractivity contribution in [2.75, 3.05) is 7.11 Å². The van der Waals surface area contributed by atoms with Gasteiger partial charge in [0.15, 0.2) is 5.82 Å². The molecule has 0 radical (unpaired) electrons. The van der Waals surface area contributed by atoms with Gasteiger partial charge in [-0.3, -0.25) is 0 Å². The first-order valence-electron chi connectivity index (χ1n) is 8.68. The molecule has 0 aliphatic carbocycles. The van der Waals surface area contributed by atoms with E-state index in [1.165, 1.54) is 11.1 Å². The second kappa shape index (κ2) is 6.96. The molecule has 0 fully saturated rings. The summed E-state index contributed by atoms with van der Waals surface area (Å²) in [5.74, 6) is 1.58. The van der Waals surface area contributed by atoms with Gasteiger partial charge in [-0.05, 0) is 30.7 Å². The monoisotopic (exact) mass is 340 g/mol. The quantitative estimate of drug-likeness (QED) is 0.512. The van der Waals surface area contributed by atoms with E-state index >= 15 is 0 Å². The van der Waals surface area contributed by atoms with Crippen LogP contribution in [0.3, 0.4) is 0 Å². The molecule has 0 saturated carbocycles. The van der Waals surface area contributed by atoms with Crippen LogP contribution in [-0.2, 0) is 6.42 Å². The number of aryl methyl sites for hydroxylation is 1. The number of hydrogen-bond donors (Lipinski definition) is 0. The van der Waals surface area contributed by atoms with E-state index in [4.69, 9.17) is 14.7 Å². The molecule has 4 aromatic rings. The number of fused-ring (bicyclic) bond motifs is 1. The van der Waals surface area contributed by atoms with E-state index < -0.39 is 0 Å². The second-order valence-electron chi connectivity index (χ2n) is 6.41. The Hall–Kier alpha value is -3.20. The van der Waals surface area contributed by atoms with Crippen LogP contribution in [0.2, 0.25) is 0 Å². The van der Waals surface area contributed by atoms with Gasteiger partial charge in [0, 0.05) is 17.4 Å². The molecule has 3 aromatic carbocycles. The highest BCUT2D eigenvalue weighted by Gasteiger charge is 2.11. The Labute approximate surface area is 153 Å². The van der Waals surface area contributed by atoms with Crippen LogP contribution in [0.25, 0.3) is 22.3 Å². The van der Waals surface area contributed by atoms with Crippen molar-refractivity contribution in [2.45, 2.75) is 13.3 Å². The fourth-order valence-corrected chi connectivity index (χ4v) is 3.05. The lowest BCUT2D eigenvalue weighted by atomic mass is 10.0. The SMILES string of the molecule is COc1ccc2nc(-c3ccc(C)cc3)nc(Cc3ccccc3)c2c1. The molecule has 0 N–H and O–H groups in total. The summed E-state index contributed by atoms with van der Waals surface area (Å²) in [6.07, 6.45) is 0.756. The number of ether oxygens (including phenoxy) is 1. The van der Waals surface area contributed by atoms with Gasteiger partial charge in [0.1, 0.15) is 5.75 Å². The first kappa shape index (κ1) is 16.3. The number of hydrogen-bond acceptors (Lipinski definition) is 3. The Bertz CT molecular complexity index is 1040. The van der Waals surface area contributed by atoms with Gasteiger partial charge in [0.05, 0.1) is 18.3 Å². The number of methoxy groups -OCH3 is 1. The maximum Gasteiger partial charge on any atom is 0.160 e. The van der Waals surface area contributed by atoms with Gasteiger partial charge in [-0.2, -0.15) is 0 Å². The summed E-state index contributed by atoms with van der Waals surface area (Å²) in [4.78, 5) is 9.69. The van der Waals surface area contributed by atoms with Crippen molar-refractivity contribution >= 4 is 10.9 Å². The molecule has 0 bridgehead atoms. The lowest BCUT2D eigenvalue weighted by Gasteiger charge is -2.11. The fourth-order valence-electron chi connectivity index (χ4n) is 3.05. The maximum absolute atomic E-state index is 5.40. The topological polar surface area (TPSA) is 35.0 Å². The van der Waals surface area contributed by atoms with Crippen LogP contribution in [-0.4, -0.2) is 17.1 Å². The Morgan fingerprint density at radius 2 is 1.62 bits per heavy atom. The highest BCUT2D eigenvalue weighted by atomic mass is 16.5. The Morgan fingerprint density at radius 3 is 2.35 bits per heavy atom. The summed E-state index contributed by atoms with van der Waals surface area (Å²) in [5.41, 5.74) is 5.43. The third kappa shape index (κ3) is 3.29. The largest absolute Gasteiger partial charge is 0.497 e. The molecule has 3 heteroatoms. The predicted octanol–water partition coefficient (Wildman–Crippen LogP) is 5.20. The molecule has 0 saturated heterocycles. The van der Waals surface area contributed by atoms with E-state index in [1.807, 2.05) is 24.3 Å². The normalized spacial score (nSPS) is 10.8. The molecule has 0 aliphatic rings. The summed E-state index contributed by atoms with van der Waals surface area (Å²) < 4.78 is 5.40. The molecular formula is C23H20N2O. The van der Waals surface area contributed by atoms with Crippen molar-refractivity contribution in [1.29, 1.82) is 0 Å². The van der Waals surface area contributed by atoms with E-state index in [0.29, 0.717) is 0 Å². The fraction of sp³-hybridized carbons (Fsp3) is 0.130. The molecule has 0 amide bonds. The Morgan fingerprint density at radius 1 is 0.846 bits per heavy atom. The van der Waals surface area contributed by atoms with Gasteiger partial charge >= 0.3 is 0 Å². The zero-order valence-corrected chi connectivity index (χ0v) is 14.9. The first-order chi connectivity index (χ1) is 12.7. The van der Waals surface area contributed by atoms with Crippen LogP contribution in [0.1, 0.15) is 16.8 Å². The first-order valence-corrected chi connectivity index (χ1v) is 8.68. The van der Waals surface area contributed by atoms with Crippen LogP contribution in [0.15, 0.2) is 72.8 Å². The number of rotatable bonds is 4. The van der Waals surface area contributed by atoms with E-state index in [-0.39, 0.29) is 0 Å². The molecule has 128 valence electrons.